The summed E-state index contributed by atoms with van der Waals surface area (Å²) in [6.45, 7) is 2.25. The lowest BCUT2D eigenvalue weighted by atomic mass is 10.1. The number of amides is 3. The average Bonchev–Trinajstić information content (AvgIpc) is 3.09. The Labute approximate surface area is 151 Å². The molecule has 2 saturated heterocycles. The van der Waals surface area contributed by atoms with E-state index in [0.717, 1.165) is 10.8 Å². The van der Waals surface area contributed by atoms with E-state index in [0.29, 0.717) is 24.9 Å². The molecule has 6 nitrogen and oxygen atoms in total. The second kappa shape index (κ2) is 6.44. The van der Waals surface area contributed by atoms with Crippen molar-refractivity contribution >= 4 is 28.5 Å². The molecule has 2 aromatic carbocycles. The Morgan fingerprint density at radius 2 is 1.96 bits per heavy atom. The summed E-state index contributed by atoms with van der Waals surface area (Å²) in [5.41, 5.74) is 0.579. The molecule has 2 fully saturated rings. The van der Waals surface area contributed by atoms with Crippen LogP contribution in [0.25, 0.3) is 10.8 Å². The summed E-state index contributed by atoms with van der Waals surface area (Å²) in [5.74, 6) is -0.362. The summed E-state index contributed by atoms with van der Waals surface area (Å²) in [7, 11) is 0. The largest absolute Gasteiger partial charge is 0.347 e. The zero-order valence-electron chi connectivity index (χ0n) is 14.6. The molecular weight excluding hydrogens is 330 g/mol. The van der Waals surface area contributed by atoms with Gasteiger partial charge in [0.1, 0.15) is 12.1 Å². The van der Waals surface area contributed by atoms with Gasteiger partial charge in [-0.2, -0.15) is 0 Å². The van der Waals surface area contributed by atoms with Gasteiger partial charge in [-0.3, -0.25) is 14.4 Å². The Kier molecular flexibility index (Phi) is 4.11. The van der Waals surface area contributed by atoms with E-state index in [4.69, 9.17) is 0 Å². The molecule has 0 unspecified atom stereocenters. The number of hydrogen-bond acceptors (Lipinski definition) is 3. The summed E-state index contributed by atoms with van der Waals surface area (Å²) in [6, 6.07) is 12.3. The lowest BCUT2D eigenvalue weighted by Crippen LogP contribution is -2.60. The van der Waals surface area contributed by atoms with Crippen LogP contribution in [-0.4, -0.2) is 47.3 Å². The van der Waals surface area contributed by atoms with E-state index < -0.39 is 12.1 Å². The van der Waals surface area contributed by atoms with Crippen molar-refractivity contribution in [3.05, 3.63) is 48.0 Å². The van der Waals surface area contributed by atoms with Gasteiger partial charge in [-0.25, -0.2) is 0 Å². The first-order valence-corrected chi connectivity index (χ1v) is 8.97. The van der Waals surface area contributed by atoms with Gasteiger partial charge in [0.05, 0.1) is 0 Å². The first-order chi connectivity index (χ1) is 12.6. The molecule has 2 heterocycles. The van der Waals surface area contributed by atoms with Gasteiger partial charge >= 0.3 is 0 Å². The van der Waals surface area contributed by atoms with Crippen LogP contribution in [0.2, 0.25) is 0 Å². The molecule has 2 aliphatic heterocycles. The molecule has 3 atom stereocenters. The van der Waals surface area contributed by atoms with Gasteiger partial charge in [-0.1, -0.05) is 37.3 Å². The summed E-state index contributed by atoms with van der Waals surface area (Å²) in [6.07, 6.45) is 1.02. The standard InChI is InChI=1S/C20H21N3O3/c1-2-16-20(26)23-11-15(10-17(23)19(25)22-16)21-18(24)14-8-7-12-5-3-4-6-13(12)9-14/h3-9,15-17H,2,10-11H2,1H3,(H,21,24)(H,22,25)/t15-,16-,17-/m0/s1. The maximum absolute atomic E-state index is 12.6. The van der Waals surface area contributed by atoms with Crippen LogP contribution >= 0.6 is 0 Å². The Hall–Kier alpha value is -2.89. The van der Waals surface area contributed by atoms with Gasteiger partial charge in [-0.15, -0.1) is 0 Å². The van der Waals surface area contributed by atoms with E-state index in [1.165, 1.54) is 0 Å². The van der Waals surface area contributed by atoms with E-state index in [-0.39, 0.29) is 23.8 Å². The van der Waals surface area contributed by atoms with Gasteiger partial charge in [0, 0.05) is 18.2 Å². The quantitative estimate of drug-likeness (QED) is 0.878. The topological polar surface area (TPSA) is 78.5 Å². The molecule has 3 amide bonds. The highest BCUT2D eigenvalue weighted by Gasteiger charge is 2.46. The van der Waals surface area contributed by atoms with E-state index in [1.54, 1.807) is 11.0 Å². The number of benzene rings is 2. The number of nitrogens with zero attached hydrogens (tertiary/aromatic N) is 1. The molecule has 0 aromatic heterocycles. The van der Waals surface area contributed by atoms with Crippen molar-refractivity contribution in [2.75, 3.05) is 6.54 Å². The van der Waals surface area contributed by atoms with Crippen LogP contribution in [0.1, 0.15) is 30.1 Å². The van der Waals surface area contributed by atoms with Crippen molar-refractivity contribution in [1.82, 2.24) is 15.5 Å². The van der Waals surface area contributed by atoms with E-state index >= 15 is 0 Å². The molecule has 0 saturated carbocycles. The molecule has 0 spiro atoms. The fraction of sp³-hybridized carbons (Fsp3) is 0.350. The molecule has 0 bridgehead atoms. The number of carbonyl (C=O) groups is 3. The van der Waals surface area contributed by atoms with Crippen LogP contribution in [-0.2, 0) is 9.59 Å². The van der Waals surface area contributed by atoms with Gasteiger partial charge < -0.3 is 15.5 Å². The van der Waals surface area contributed by atoms with Crippen LogP contribution in [0.3, 0.4) is 0 Å². The van der Waals surface area contributed by atoms with Crippen LogP contribution in [0.15, 0.2) is 42.5 Å². The Morgan fingerprint density at radius 3 is 2.73 bits per heavy atom. The van der Waals surface area contributed by atoms with Gasteiger partial charge in [-0.05, 0) is 35.7 Å². The van der Waals surface area contributed by atoms with E-state index in [2.05, 4.69) is 10.6 Å². The highest BCUT2D eigenvalue weighted by molar-refractivity contribution is 6.00. The van der Waals surface area contributed by atoms with Crippen LogP contribution in [0, 0.1) is 0 Å². The average molecular weight is 351 g/mol. The number of hydrogen-bond donors (Lipinski definition) is 2. The minimum Gasteiger partial charge on any atom is -0.347 e. The minimum atomic E-state index is -0.479. The maximum atomic E-state index is 12.6. The Balaban J connectivity index is 1.48. The molecular formula is C20H21N3O3. The molecule has 4 rings (SSSR count). The maximum Gasteiger partial charge on any atom is 0.251 e. The van der Waals surface area contributed by atoms with Crippen molar-refractivity contribution in [1.29, 1.82) is 0 Å². The zero-order valence-corrected chi connectivity index (χ0v) is 14.6. The monoisotopic (exact) mass is 351 g/mol. The number of nitrogens with one attached hydrogen (secondary N) is 2. The SMILES string of the molecule is CC[C@@H]1NC(=O)[C@@H]2C[C@H](NC(=O)c3ccc4ccccc4c3)CN2C1=O. The van der Waals surface area contributed by atoms with Crippen molar-refractivity contribution < 1.29 is 14.4 Å². The predicted molar refractivity (Wildman–Crippen MR) is 97.5 cm³/mol. The number of fused-ring (bicyclic) bond motifs is 2. The van der Waals surface area contributed by atoms with Gasteiger partial charge in [0.15, 0.2) is 0 Å². The molecule has 2 aliphatic rings. The smallest absolute Gasteiger partial charge is 0.251 e. The highest BCUT2D eigenvalue weighted by atomic mass is 16.2. The Bertz CT molecular complexity index is 895. The third kappa shape index (κ3) is 2.81. The van der Waals surface area contributed by atoms with Crippen LogP contribution in [0.5, 0.6) is 0 Å². The first kappa shape index (κ1) is 16.6. The highest BCUT2D eigenvalue weighted by Crippen LogP contribution is 2.24. The summed E-state index contributed by atoms with van der Waals surface area (Å²) < 4.78 is 0. The lowest BCUT2D eigenvalue weighted by Gasteiger charge is -2.33. The zero-order chi connectivity index (χ0) is 18.3. The number of carbonyl (C=O) groups excluding carboxylic acids is 3. The first-order valence-electron chi connectivity index (χ1n) is 8.97. The van der Waals surface area contributed by atoms with Gasteiger partial charge in [0.2, 0.25) is 11.8 Å². The summed E-state index contributed by atoms with van der Waals surface area (Å²) >= 11 is 0. The van der Waals surface area contributed by atoms with Crippen molar-refractivity contribution in [3.63, 3.8) is 0 Å². The van der Waals surface area contributed by atoms with Crippen LogP contribution in [0.4, 0.5) is 0 Å². The molecule has 134 valence electrons. The Morgan fingerprint density at radius 1 is 1.19 bits per heavy atom. The van der Waals surface area contributed by atoms with Crippen LogP contribution < -0.4 is 10.6 Å². The lowest BCUT2D eigenvalue weighted by molar-refractivity contribution is -0.147. The van der Waals surface area contributed by atoms with E-state index in [9.17, 15) is 14.4 Å². The van der Waals surface area contributed by atoms with Crippen molar-refractivity contribution in [2.24, 2.45) is 0 Å². The molecule has 6 heteroatoms. The predicted octanol–water partition coefficient (Wildman–Crippen LogP) is 1.45. The third-order valence-electron chi connectivity index (χ3n) is 5.26. The fourth-order valence-electron chi connectivity index (χ4n) is 3.84. The normalized spacial score (nSPS) is 25.1. The third-order valence-corrected chi connectivity index (χ3v) is 5.26. The number of piperazine rings is 1. The summed E-state index contributed by atoms with van der Waals surface area (Å²) in [4.78, 5) is 38.9. The molecule has 0 radical (unpaired) electrons. The summed E-state index contributed by atoms with van der Waals surface area (Å²) in [5, 5.41) is 7.83. The molecule has 0 aliphatic carbocycles. The second-order valence-electron chi connectivity index (χ2n) is 6.94. The fourth-order valence-corrected chi connectivity index (χ4v) is 3.84. The van der Waals surface area contributed by atoms with Crippen molar-refractivity contribution in [3.8, 4) is 0 Å². The second-order valence-corrected chi connectivity index (χ2v) is 6.94. The minimum absolute atomic E-state index is 0.0560. The molecule has 26 heavy (non-hydrogen) atoms. The van der Waals surface area contributed by atoms with Crippen molar-refractivity contribution in [2.45, 2.75) is 37.9 Å². The molecule has 2 N–H and O–H groups in total. The van der Waals surface area contributed by atoms with Gasteiger partial charge in [0.25, 0.3) is 5.91 Å². The molecule has 2 aromatic rings. The van der Waals surface area contributed by atoms with E-state index in [1.807, 2.05) is 43.3 Å². The number of rotatable bonds is 3.